The average molecular weight is 284 g/mol. The Kier molecular flexibility index (Phi) is 3.00. The summed E-state index contributed by atoms with van der Waals surface area (Å²) >= 11 is 0. The molecule has 4 heteroatoms. The molecule has 2 bridgehead atoms. The normalized spacial score (nSPS) is 24.8. The molecule has 21 heavy (non-hydrogen) atoms. The summed E-state index contributed by atoms with van der Waals surface area (Å²) in [6, 6.07) is 9.77. The van der Waals surface area contributed by atoms with Gasteiger partial charge in [0.05, 0.1) is 6.54 Å². The number of hydrogen-bond donors (Lipinski definition) is 0. The summed E-state index contributed by atoms with van der Waals surface area (Å²) in [5.74, 6) is 3.06. The summed E-state index contributed by atoms with van der Waals surface area (Å²) in [5, 5.41) is 0. The summed E-state index contributed by atoms with van der Waals surface area (Å²) in [4.78, 5) is 14.5. The third kappa shape index (κ3) is 2.33. The minimum atomic E-state index is 0.150. The minimum Gasteiger partial charge on any atom is -0.465 e. The molecule has 2 aromatic heterocycles. The van der Waals surface area contributed by atoms with Crippen LogP contribution in [-0.2, 0) is 13.1 Å². The predicted molar refractivity (Wildman–Crippen MR) is 80.3 cm³/mol. The van der Waals surface area contributed by atoms with E-state index in [0.717, 1.165) is 37.7 Å². The average Bonchev–Trinajstić information content (AvgIpc) is 2.85. The molecule has 0 amide bonds. The van der Waals surface area contributed by atoms with Crippen LogP contribution in [0.25, 0.3) is 0 Å². The van der Waals surface area contributed by atoms with Crippen molar-refractivity contribution >= 4 is 0 Å². The number of pyridine rings is 1. The highest BCUT2D eigenvalue weighted by molar-refractivity contribution is 5.17. The number of piperidine rings is 1. The zero-order chi connectivity index (χ0) is 14.4. The Morgan fingerprint density at radius 3 is 2.90 bits per heavy atom. The minimum absolute atomic E-state index is 0.150. The highest BCUT2D eigenvalue weighted by atomic mass is 16.3. The molecule has 0 aromatic carbocycles. The number of fused-ring (bicyclic) bond motifs is 4. The molecular formula is C17H20N2O2. The van der Waals surface area contributed by atoms with Crippen LogP contribution in [0.3, 0.4) is 0 Å². The summed E-state index contributed by atoms with van der Waals surface area (Å²) in [6.07, 6.45) is 1.21. The summed E-state index contributed by atoms with van der Waals surface area (Å²) in [7, 11) is 0. The third-order valence-electron chi connectivity index (χ3n) is 4.73. The fourth-order valence-corrected chi connectivity index (χ4v) is 3.92. The molecule has 4 nitrogen and oxygen atoms in total. The first-order chi connectivity index (χ1) is 10.2. The molecule has 2 aromatic rings. The van der Waals surface area contributed by atoms with Gasteiger partial charge in [-0.1, -0.05) is 6.07 Å². The Bertz CT molecular complexity index is 716. The van der Waals surface area contributed by atoms with Crippen LogP contribution in [0.4, 0.5) is 0 Å². The zero-order valence-electron chi connectivity index (χ0n) is 12.3. The molecule has 1 fully saturated rings. The van der Waals surface area contributed by atoms with Crippen LogP contribution in [0.15, 0.2) is 39.5 Å². The largest absolute Gasteiger partial charge is 0.465 e. The Balaban J connectivity index is 1.58. The second kappa shape index (κ2) is 4.88. The zero-order valence-corrected chi connectivity index (χ0v) is 12.3. The van der Waals surface area contributed by atoms with E-state index in [-0.39, 0.29) is 5.56 Å². The number of nitrogens with zero attached hydrogens (tertiary/aromatic N) is 2. The van der Waals surface area contributed by atoms with Crippen molar-refractivity contribution in [1.29, 1.82) is 0 Å². The van der Waals surface area contributed by atoms with Crippen molar-refractivity contribution in [1.82, 2.24) is 9.47 Å². The van der Waals surface area contributed by atoms with E-state index < -0.39 is 0 Å². The highest BCUT2D eigenvalue weighted by Crippen LogP contribution is 2.35. The van der Waals surface area contributed by atoms with E-state index in [1.54, 1.807) is 6.07 Å². The number of rotatable bonds is 2. The Morgan fingerprint density at radius 1 is 1.19 bits per heavy atom. The van der Waals surface area contributed by atoms with E-state index in [0.29, 0.717) is 11.8 Å². The molecule has 0 spiro atoms. The summed E-state index contributed by atoms with van der Waals surface area (Å²) in [5.41, 5.74) is 1.36. The van der Waals surface area contributed by atoms with Crippen molar-refractivity contribution < 1.29 is 4.42 Å². The molecule has 0 N–H and O–H groups in total. The lowest BCUT2D eigenvalue weighted by atomic mass is 9.83. The highest BCUT2D eigenvalue weighted by Gasteiger charge is 2.34. The van der Waals surface area contributed by atoms with Gasteiger partial charge in [0.25, 0.3) is 5.56 Å². The number of aromatic nitrogens is 1. The molecule has 4 rings (SSSR count). The van der Waals surface area contributed by atoms with Crippen molar-refractivity contribution in [3.8, 4) is 0 Å². The lowest BCUT2D eigenvalue weighted by Gasteiger charge is -2.42. The van der Waals surface area contributed by atoms with Gasteiger partial charge in [-0.05, 0) is 37.5 Å². The van der Waals surface area contributed by atoms with Gasteiger partial charge in [0, 0.05) is 37.3 Å². The van der Waals surface area contributed by atoms with Gasteiger partial charge in [0.1, 0.15) is 11.5 Å². The summed E-state index contributed by atoms with van der Waals surface area (Å²) in [6.45, 7) is 5.78. The lowest BCUT2D eigenvalue weighted by Crippen LogP contribution is -2.46. The first-order valence-electron chi connectivity index (χ1n) is 7.66. The number of hydrogen-bond acceptors (Lipinski definition) is 3. The third-order valence-corrected chi connectivity index (χ3v) is 4.73. The van der Waals surface area contributed by atoms with Gasteiger partial charge in [-0.3, -0.25) is 9.69 Å². The molecule has 2 atom stereocenters. The number of likely N-dealkylation sites (tertiary alicyclic amines) is 1. The number of furan rings is 1. The molecule has 2 aliphatic rings. The quantitative estimate of drug-likeness (QED) is 0.850. The predicted octanol–water partition coefficient (Wildman–Crippen LogP) is 2.37. The molecule has 4 heterocycles. The van der Waals surface area contributed by atoms with E-state index >= 15 is 0 Å². The molecule has 0 saturated carbocycles. The van der Waals surface area contributed by atoms with Gasteiger partial charge in [-0.15, -0.1) is 0 Å². The van der Waals surface area contributed by atoms with E-state index in [2.05, 4.69) is 17.0 Å². The molecule has 0 radical (unpaired) electrons. The molecule has 110 valence electrons. The molecular weight excluding hydrogens is 264 g/mol. The fraction of sp³-hybridized carbons (Fsp3) is 0.471. The van der Waals surface area contributed by atoms with Gasteiger partial charge in [-0.2, -0.15) is 0 Å². The standard InChI is InChI=1S/C17H20N2O2/c1-12-5-6-15(21-12)11-18-8-13-7-14(10-18)16-3-2-4-17(20)19(16)9-13/h2-6,13-14H,7-11H2,1H3/t13-,14+/m0/s1. The van der Waals surface area contributed by atoms with E-state index in [1.807, 2.05) is 23.6 Å². The van der Waals surface area contributed by atoms with Crippen LogP contribution in [0.5, 0.6) is 0 Å². The first-order valence-corrected chi connectivity index (χ1v) is 7.66. The molecule has 1 saturated heterocycles. The van der Waals surface area contributed by atoms with Gasteiger partial charge in [0.15, 0.2) is 0 Å². The first kappa shape index (κ1) is 12.9. The molecule has 0 aliphatic carbocycles. The second-order valence-electron chi connectivity index (χ2n) is 6.40. The van der Waals surface area contributed by atoms with Gasteiger partial charge < -0.3 is 8.98 Å². The van der Waals surface area contributed by atoms with Crippen molar-refractivity contribution in [2.45, 2.75) is 32.4 Å². The van der Waals surface area contributed by atoms with Gasteiger partial charge in [0.2, 0.25) is 0 Å². The smallest absolute Gasteiger partial charge is 0.250 e. The Morgan fingerprint density at radius 2 is 2.10 bits per heavy atom. The van der Waals surface area contributed by atoms with Crippen LogP contribution in [0.1, 0.15) is 29.6 Å². The lowest BCUT2D eigenvalue weighted by molar-refractivity contribution is 0.107. The van der Waals surface area contributed by atoms with Crippen LogP contribution >= 0.6 is 0 Å². The van der Waals surface area contributed by atoms with Crippen LogP contribution in [-0.4, -0.2) is 22.6 Å². The topological polar surface area (TPSA) is 38.4 Å². The van der Waals surface area contributed by atoms with Crippen LogP contribution in [0.2, 0.25) is 0 Å². The van der Waals surface area contributed by atoms with E-state index in [1.165, 1.54) is 12.1 Å². The van der Waals surface area contributed by atoms with Crippen LogP contribution < -0.4 is 5.56 Å². The van der Waals surface area contributed by atoms with Gasteiger partial charge in [-0.25, -0.2) is 0 Å². The van der Waals surface area contributed by atoms with Crippen molar-refractivity contribution in [2.24, 2.45) is 5.92 Å². The van der Waals surface area contributed by atoms with Gasteiger partial charge >= 0.3 is 0 Å². The molecule has 0 unspecified atom stereocenters. The maximum Gasteiger partial charge on any atom is 0.250 e. The Hall–Kier alpha value is -1.81. The SMILES string of the molecule is Cc1ccc(CN2C[C@@H]3C[C@H](C2)c2cccc(=O)n2C3)o1. The monoisotopic (exact) mass is 284 g/mol. The Labute approximate surface area is 124 Å². The summed E-state index contributed by atoms with van der Waals surface area (Å²) < 4.78 is 7.68. The maximum absolute atomic E-state index is 12.0. The van der Waals surface area contributed by atoms with Crippen molar-refractivity contribution in [2.75, 3.05) is 13.1 Å². The maximum atomic E-state index is 12.0. The van der Waals surface area contributed by atoms with E-state index in [9.17, 15) is 4.79 Å². The fourth-order valence-electron chi connectivity index (χ4n) is 3.92. The van der Waals surface area contributed by atoms with Crippen LogP contribution in [0, 0.1) is 12.8 Å². The van der Waals surface area contributed by atoms with E-state index in [4.69, 9.17) is 4.42 Å². The van der Waals surface area contributed by atoms with Crippen molar-refractivity contribution in [3.05, 3.63) is 57.9 Å². The second-order valence-corrected chi connectivity index (χ2v) is 6.40. The van der Waals surface area contributed by atoms with Crippen molar-refractivity contribution in [3.63, 3.8) is 0 Å². The number of aryl methyl sites for hydroxylation is 1. The molecule has 2 aliphatic heterocycles.